The fourth-order valence-corrected chi connectivity index (χ4v) is 5.02. The predicted molar refractivity (Wildman–Crippen MR) is 98.0 cm³/mol. The number of nitrogens with zero attached hydrogens (tertiary/aromatic N) is 2. The summed E-state index contributed by atoms with van der Waals surface area (Å²) in [6.45, 7) is 1.26. The van der Waals surface area contributed by atoms with E-state index in [0.717, 1.165) is 35.5 Å². The van der Waals surface area contributed by atoms with Crippen LogP contribution in [0.15, 0.2) is 47.4 Å². The van der Waals surface area contributed by atoms with Crippen LogP contribution in [0, 0.1) is 11.6 Å². The monoisotopic (exact) mass is 400 g/mol. The van der Waals surface area contributed by atoms with Gasteiger partial charge in [0.25, 0.3) is 10.0 Å². The Labute approximate surface area is 157 Å². The molecule has 1 heterocycles. The normalized spacial score (nSPS) is 18.7. The van der Waals surface area contributed by atoms with E-state index in [4.69, 9.17) is 11.6 Å². The topological polar surface area (TPSA) is 40.6 Å². The van der Waals surface area contributed by atoms with E-state index >= 15 is 0 Å². The molecule has 0 bridgehead atoms. The van der Waals surface area contributed by atoms with Crippen LogP contribution in [0.2, 0.25) is 5.02 Å². The van der Waals surface area contributed by atoms with Crippen molar-refractivity contribution in [3.8, 4) is 0 Å². The highest BCUT2D eigenvalue weighted by Crippen LogP contribution is 2.32. The van der Waals surface area contributed by atoms with Crippen molar-refractivity contribution in [1.82, 2.24) is 4.90 Å². The Kier molecular flexibility index (Phi) is 5.50. The molecule has 1 aliphatic rings. The molecule has 1 aliphatic heterocycles. The van der Waals surface area contributed by atoms with E-state index in [1.54, 1.807) is 0 Å². The minimum atomic E-state index is -4.09. The van der Waals surface area contributed by atoms with Crippen molar-refractivity contribution in [2.75, 3.05) is 24.4 Å². The molecule has 1 saturated heterocycles. The van der Waals surface area contributed by atoms with E-state index < -0.39 is 27.7 Å². The van der Waals surface area contributed by atoms with Crippen LogP contribution in [0.5, 0.6) is 0 Å². The fraction of sp³-hybridized carbons (Fsp3) is 0.333. The first kappa shape index (κ1) is 19.1. The summed E-state index contributed by atoms with van der Waals surface area (Å²) in [5, 5.41) is 0.393. The van der Waals surface area contributed by atoms with Gasteiger partial charge in [-0.2, -0.15) is 0 Å². The minimum Gasteiger partial charge on any atom is -0.304 e. The highest BCUT2D eigenvalue weighted by Gasteiger charge is 2.35. The van der Waals surface area contributed by atoms with E-state index in [2.05, 4.69) is 0 Å². The summed E-state index contributed by atoms with van der Waals surface area (Å²) in [5.74, 6) is -1.47. The Morgan fingerprint density at radius 1 is 1.15 bits per heavy atom. The van der Waals surface area contributed by atoms with Crippen molar-refractivity contribution in [2.24, 2.45) is 0 Å². The van der Waals surface area contributed by atoms with Gasteiger partial charge in [-0.05, 0) is 62.8 Å². The van der Waals surface area contributed by atoms with Gasteiger partial charge in [0.05, 0.1) is 16.6 Å². The molecule has 0 N–H and O–H groups in total. The van der Waals surface area contributed by atoms with E-state index in [1.165, 1.54) is 24.3 Å². The molecule has 0 aromatic heterocycles. The average Bonchev–Trinajstić information content (AvgIpc) is 2.58. The Morgan fingerprint density at radius 3 is 2.50 bits per heavy atom. The first-order chi connectivity index (χ1) is 12.3. The second-order valence-corrected chi connectivity index (χ2v) is 8.66. The molecule has 1 fully saturated rings. The van der Waals surface area contributed by atoms with Crippen LogP contribution in [0.3, 0.4) is 0 Å². The van der Waals surface area contributed by atoms with Crippen molar-refractivity contribution in [3.63, 3.8) is 0 Å². The number of hydrogen-bond acceptors (Lipinski definition) is 3. The van der Waals surface area contributed by atoms with Gasteiger partial charge >= 0.3 is 0 Å². The maximum atomic E-state index is 14.5. The lowest BCUT2D eigenvalue weighted by molar-refractivity contribution is 0.252. The third kappa shape index (κ3) is 3.84. The number of piperidine rings is 1. The Morgan fingerprint density at radius 2 is 1.85 bits per heavy atom. The van der Waals surface area contributed by atoms with Crippen LogP contribution < -0.4 is 4.31 Å². The van der Waals surface area contributed by atoms with Crippen LogP contribution in [-0.4, -0.2) is 39.5 Å². The van der Waals surface area contributed by atoms with Crippen LogP contribution in [0.25, 0.3) is 0 Å². The summed E-state index contributed by atoms with van der Waals surface area (Å²) < 4.78 is 55.8. The van der Waals surface area contributed by atoms with Crippen molar-refractivity contribution in [1.29, 1.82) is 0 Å². The summed E-state index contributed by atoms with van der Waals surface area (Å²) >= 11 is 5.85. The molecule has 140 valence electrons. The van der Waals surface area contributed by atoms with Gasteiger partial charge < -0.3 is 4.90 Å². The summed E-state index contributed by atoms with van der Waals surface area (Å²) in [6.07, 6.45) is 1.33. The number of halogens is 3. The third-order valence-electron chi connectivity index (χ3n) is 4.45. The summed E-state index contributed by atoms with van der Waals surface area (Å²) in [6, 6.07) is 8.01. The number of anilines is 1. The third-order valence-corrected chi connectivity index (χ3v) is 6.58. The van der Waals surface area contributed by atoms with Gasteiger partial charge in [-0.3, -0.25) is 4.31 Å². The zero-order valence-electron chi connectivity index (χ0n) is 14.2. The fourth-order valence-electron chi connectivity index (χ4n) is 3.23. The quantitative estimate of drug-likeness (QED) is 0.781. The molecule has 2 aromatic carbocycles. The molecule has 1 unspecified atom stereocenters. The van der Waals surface area contributed by atoms with E-state index in [-0.39, 0.29) is 10.6 Å². The van der Waals surface area contributed by atoms with Crippen molar-refractivity contribution in [3.05, 3.63) is 59.1 Å². The summed E-state index contributed by atoms with van der Waals surface area (Å²) in [7, 11) is -2.22. The first-order valence-corrected chi connectivity index (χ1v) is 10.0. The average molecular weight is 401 g/mol. The lowest BCUT2D eigenvalue weighted by atomic mass is 10.1. The number of likely N-dealkylation sites (tertiary alicyclic amines) is 1. The van der Waals surface area contributed by atoms with Crippen LogP contribution in [0.4, 0.5) is 14.5 Å². The molecule has 2 aromatic rings. The molecular weight excluding hydrogens is 382 g/mol. The number of rotatable bonds is 4. The van der Waals surface area contributed by atoms with Gasteiger partial charge in [0.15, 0.2) is 0 Å². The lowest BCUT2D eigenvalue weighted by Gasteiger charge is -2.38. The molecule has 0 aliphatic carbocycles. The Balaban J connectivity index is 2.13. The molecule has 0 radical (unpaired) electrons. The van der Waals surface area contributed by atoms with Gasteiger partial charge in [0.2, 0.25) is 0 Å². The largest absolute Gasteiger partial charge is 0.304 e. The minimum absolute atomic E-state index is 0.0150. The summed E-state index contributed by atoms with van der Waals surface area (Å²) in [5.41, 5.74) is -0.278. The molecule has 1 atom stereocenters. The van der Waals surface area contributed by atoms with Crippen molar-refractivity contribution in [2.45, 2.75) is 23.8 Å². The van der Waals surface area contributed by atoms with Gasteiger partial charge in [-0.15, -0.1) is 0 Å². The maximum absolute atomic E-state index is 14.5. The zero-order valence-corrected chi connectivity index (χ0v) is 15.8. The van der Waals surface area contributed by atoms with Crippen molar-refractivity contribution >= 4 is 27.3 Å². The Bertz CT molecular complexity index is 891. The number of sulfonamides is 1. The molecule has 8 heteroatoms. The van der Waals surface area contributed by atoms with Crippen molar-refractivity contribution < 1.29 is 17.2 Å². The zero-order chi connectivity index (χ0) is 18.9. The number of hydrogen-bond donors (Lipinski definition) is 0. The Hall–Kier alpha value is -1.70. The molecular formula is C18H19ClF2N2O2S. The lowest BCUT2D eigenvalue weighted by Crippen LogP contribution is -2.49. The highest BCUT2D eigenvalue weighted by atomic mass is 35.5. The van der Waals surface area contributed by atoms with Crippen LogP contribution in [-0.2, 0) is 10.0 Å². The second-order valence-electron chi connectivity index (χ2n) is 6.41. The van der Waals surface area contributed by atoms with Gasteiger partial charge in [0, 0.05) is 17.6 Å². The van der Waals surface area contributed by atoms with Gasteiger partial charge in [-0.1, -0.05) is 11.6 Å². The molecule has 3 rings (SSSR count). The maximum Gasteiger partial charge on any atom is 0.264 e. The van der Waals surface area contributed by atoms with Gasteiger partial charge in [-0.25, -0.2) is 17.2 Å². The molecule has 0 saturated carbocycles. The molecule has 26 heavy (non-hydrogen) atoms. The predicted octanol–water partition coefficient (Wildman–Crippen LogP) is 3.91. The van der Waals surface area contributed by atoms with Gasteiger partial charge in [0.1, 0.15) is 11.6 Å². The van der Waals surface area contributed by atoms with Crippen LogP contribution >= 0.6 is 11.6 Å². The van der Waals surface area contributed by atoms with E-state index in [0.29, 0.717) is 18.0 Å². The van der Waals surface area contributed by atoms with E-state index in [9.17, 15) is 17.2 Å². The summed E-state index contributed by atoms with van der Waals surface area (Å²) in [4.78, 5) is 1.97. The number of likely N-dealkylation sites (N-methyl/N-ethyl adjacent to an activating group) is 1. The van der Waals surface area contributed by atoms with E-state index in [1.807, 2.05) is 11.9 Å². The standard InChI is InChI=1S/C18H19ClF2N2O2S/c1-22-10-2-3-15(12-22)23(18-11-14(20)6-9-17(18)21)26(24,25)16-7-4-13(19)5-8-16/h4-9,11,15H,2-3,10,12H2,1H3. The number of benzene rings is 2. The molecule has 0 amide bonds. The molecule has 4 nitrogen and oxygen atoms in total. The van der Waals surface area contributed by atoms with Crippen LogP contribution in [0.1, 0.15) is 12.8 Å². The SMILES string of the molecule is CN1CCCC(N(c2cc(F)ccc2F)S(=O)(=O)c2ccc(Cl)cc2)C1. The smallest absolute Gasteiger partial charge is 0.264 e. The highest BCUT2D eigenvalue weighted by molar-refractivity contribution is 7.92. The second kappa shape index (κ2) is 7.50. The molecule has 0 spiro atoms. The first-order valence-electron chi connectivity index (χ1n) is 8.22.